The monoisotopic (exact) mass is 381 g/mol. The van der Waals surface area contributed by atoms with Crippen LogP contribution in [0.2, 0.25) is 0 Å². The molecule has 1 atom stereocenters. The van der Waals surface area contributed by atoms with Crippen LogP contribution in [0, 0.1) is 0 Å². The van der Waals surface area contributed by atoms with Crippen LogP contribution in [0.25, 0.3) is 0 Å². The zero-order chi connectivity index (χ0) is 18.4. The number of rotatable bonds is 7. The molecule has 8 heteroatoms. The van der Waals surface area contributed by atoms with Crippen molar-refractivity contribution in [2.24, 2.45) is 0 Å². The average Bonchev–Trinajstić information content (AvgIpc) is 3.14. The van der Waals surface area contributed by atoms with Gasteiger partial charge < -0.3 is 10.2 Å². The molecule has 1 aromatic carbocycles. The smallest absolute Gasteiger partial charge is 0.317 e. The predicted molar refractivity (Wildman–Crippen MR) is 101 cm³/mol. The van der Waals surface area contributed by atoms with Gasteiger partial charge in [-0.05, 0) is 36.5 Å². The highest BCUT2D eigenvalue weighted by molar-refractivity contribution is 7.88. The molecule has 2 amide bonds. The van der Waals surface area contributed by atoms with E-state index in [1.165, 1.54) is 7.05 Å². The van der Waals surface area contributed by atoms with E-state index in [1.807, 2.05) is 36.6 Å². The highest BCUT2D eigenvalue weighted by Gasteiger charge is 2.17. The number of hydrogen-bond donors (Lipinski definition) is 2. The molecule has 25 heavy (non-hydrogen) atoms. The van der Waals surface area contributed by atoms with E-state index >= 15 is 0 Å². The van der Waals surface area contributed by atoms with Crippen molar-refractivity contribution in [3.8, 4) is 0 Å². The van der Waals surface area contributed by atoms with Crippen LogP contribution in [-0.4, -0.2) is 33.4 Å². The van der Waals surface area contributed by atoms with E-state index in [0.717, 1.165) is 10.4 Å². The normalized spacial score (nSPS) is 12.6. The molecule has 0 radical (unpaired) electrons. The van der Waals surface area contributed by atoms with Gasteiger partial charge in [-0.25, -0.2) is 17.9 Å². The number of nitrogens with zero attached hydrogens (tertiary/aromatic N) is 1. The minimum absolute atomic E-state index is 0.00845. The number of carbonyl (C=O) groups excluding carboxylic acids is 1. The highest BCUT2D eigenvalue weighted by atomic mass is 32.2. The molecule has 0 saturated heterocycles. The third-order valence-electron chi connectivity index (χ3n) is 3.99. The number of sulfonamides is 1. The van der Waals surface area contributed by atoms with E-state index in [1.54, 1.807) is 35.4 Å². The van der Waals surface area contributed by atoms with Crippen molar-refractivity contribution >= 4 is 27.4 Å². The van der Waals surface area contributed by atoms with Gasteiger partial charge in [0.2, 0.25) is 10.0 Å². The minimum Gasteiger partial charge on any atom is -0.334 e. The first-order valence-electron chi connectivity index (χ1n) is 7.85. The second-order valence-corrected chi connectivity index (χ2v) is 8.65. The fraction of sp³-hybridized carbons (Fsp3) is 0.353. The molecule has 0 aliphatic rings. The Morgan fingerprint density at radius 1 is 1.20 bits per heavy atom. The van der Waals surface area contributed by atoms with Crippen LogP contribution in [0.1, 0.15) is 29.0 Å². The van der Waals surface area contributed by atoms with Gasteiger partial charge in [-0.1, -0.05) is 30.3 Å². The number of nitrogens with one attached hydrogen (secondary N) is 2. The lowest BCUT2D eigenvalue weighted by molar-refractivity contribution is 0.194. The summed E-state index contributed by atoms with van der Waals surface area (Å²) in [4.78, 5) is 15.1. The highest BCUT2D eigenvalue weighted by Crippen LogP contribution is 2.23. The summed E-state index contributed by atoms with van der Waals surface area (Å²) in [6.45, 7) is 2.38. The van der Waals surface area contributed by atoms with E-state index in [9.17, 15) is 13.2 Å². The van der Waals surface area contributed by atoms with Crippen molar-refractivity contribution in [1.82, 2.24) is 14.9 Å². The van der Waals surface area contributed by atoms with Crippen molar-refractivity contribution in [3.05, 3.63) is 57.8 Å². The second-order valence-electron chi connectivity index (χ2n) is 5.74. The summed E-state index contributed by atoms with van der Waals surface area (Å²) in [7, 11) is -0.114. The molecule has 1 unspecified atom stereocenters. The summed E-state index contributed by atoms with van der Waals surface area (Å²) in [6.07, 6.45) is 0. The summed E-state index contributed by atoms with van der Waals surface area (Å²) in [5, 5.41) is 4.87. The van der Waals surface area contributed by atoms with Crippen molar-refractivity contribution < 1.29 is 13.2 Å². The van der Waals surface area contributed by atoms with Gasteiger partial charge >= 0.3 is 6.03 Å². The summed E-state index contributed by atoms with van der Waals surface area (Å²) >= 11 is 1.62. The van der Waals surface area contributed by atoms with Gasteiger partial charge in [0.1, 0.15) is 0 Å². The Kier molecular flexibility index (Phi) is 6.57. The van der Waals surface area contributed by atoms with Gasteiger partial charge in [0.05, 0.1) is 11.8 Å². The predicted octanol–water partition coefficient (Wildman–Crippen LogP) is 2.70. The van der Waals surface area contributed by atoms with Crippen LogP contribution >= 0.6 is 11.3 Å². The molecular formula is C17H23N3O3S2. The Labute approximate surface area is 152 Å². The lowest BCUT2D eigenvalue weighted by atomic mass is 10.1. The third kappa shape index (κ3) is 5.55. The average molecular weight is 382 g/mol. The lowest BCUT2D eigenvalue weighted by Gasteiger charge is -2.24. The molecule has 0 saturated carbocycles. The van der Waals surface area contributed by atoms with Gasteiger partial charge in [0.15, 0.2) is 0 Å². The topological polar surface area (TPSA) is 78.5 Å². The fourth-order valence-corrected chi connectivity index (χ4v) is 3.85. The number of hydrogen-bond acceptors (Lipinski definition) is 4. The van der Waals surface area contributed by atoms with Crippen LogP contribution in [0.5, 0.6) is 0 Å². The molecule has 0 spiro atoms. The van der Waals surface area contributed by atoms with Crippen molar-refractivity contribution in [1.29, 1.82) is 0 Å². The second kappa shape index (κ2) is 8.46. The van der Waals surface area contributed by atoms with Gasteiger partial charge in [-0.3, -0.25) is 0 Å². The third-order valence-corrected chi connectivity index (χ3v) is 6.37. The molecule has 2 N–H and O–H groups in total. The number of amides is 2. The zero-order valence-electron chi connectivity index (χ0n) is 14.5. The van der Waals surface area contributed by atoms with Gasteiger partial charge in [-0.2, -0.15) is 0 Å². The Morgan fingerprint density at radius 2 is 1.84 bits per heavy atom. The largest absolute Gasteiger partial charge is 0.334 e. The molecule has 2 aromatic rings. The van der Waals surface area contributed by atoms with Crippen LogP contribution in [0.4, 0.5) is 4.79 Å². The molecule has 1 heterocycles. The van der Waals surface area contributed by atoms with Crippen molar-refractivity contribution in [2.75, 3.05) is 14.1 Å². The molecule has 0 bridgehead atoms. The Bertz CT molecular complexity index is 787. The Hall–Kier alpha value is -1.90. The number of urea groups is 1. The maximum Gasteiger partial charge on any atom is 0.317 e. The maximum atomic E-state index is 12.3. The molecule has 1 aromatic heterocycles. The lowest BCUT2D eigenvalue weighted by Crippen LogP contribution is -2.38. The van der Waals surface area contributed by atoms with Gasteiger partial charge in [0.25, 0.3) is 0 Å². The molecule has 0 aliphatic heterocycles. The summed E-state index contributed by atoms with van der Waals surface area (Å²) in [6, 6.07) is 11.0. The fourth-order valence-electron chi connectivity index (χ4n) is 2.24. The van der Waals surface area contributed by atoms with Crippen LogP contribution in [0.15, 0.2) is 41.8 Å². The number of thiophene rings is 1. The molecular weight excluding hydrogens is 358 g/mol. The molecule has 0 fully saturated rings. The first-order chi connectivity index (χ1) is 11.8. The molecule has 2 rings (SSSR count). The SMILES string of the molecule is CNS(=O)(=O)Cc1ccc(CNC(=O)N(C)C(C)c2cccs2)cc1. The molecule has 0 aliphatic carbocycles. The van der Waals surface area contributed by atoms with Gasteiger partial charge in [0, 0.05) is 18.5 Å². The van der Waals surface area contributed by atoms with E-state index in [4.69, 9.17) is 0 Å². The standard InChI is InChI=1S/C17H23N3O3S2/c1-13(16-5-4-10-24-16)20(3)17(21)19-11-14-6-8-15(9-7-14)12-25(22,23)18-2/h4-10,13,18H,11-12H2,1-3H3,(H,19,21). The summed E-state index contributed by atoms with van der Waals surface area (Å²) < 4.78 is 25.4. The number of benzene rings is 1. The summed E-state index contributed by atoms with van der Waals surface area (Å²) in [5.74, 6) is -0.0583. The van der Waals surface area contributed by atoms with E-state index in [2.05, 4.69) is 10.0 Å². The maximum absolute atomic E-state index is 12.3. The zero-order valence-corrected chi connectivity index (χ0v) is 16.2. The van der Waals surface area contributed by atoms with Crippen LogP contribution < -0.4 is 10.0 Å². The molecule has 6 nitrogen and oxygen atoms in total. The van der Waals surface area contributed by atoms with Crippen LogP contribution in [0.3, 0.4) is 0 Å². The van der Waals surface area contributed by atoms with E-state index in [-0.39, 0.29) is 17.8 Å². The minimum atomic E-state index is -3.28. The van der Waals surface area contributed by atoms with E-state index < -0.39 is 10.0 Å². The molecule has 136 valence electrons. The number of carbonyl (C=O) groups is 1. The van der Waals surface area contributed by atoms with Crippen LogP contribution in [-0.2, 0) is 22.3 Å². The van der Waals surface area contributed by atoms with Gasteiger partial charge in [-0.15, -0.1) is 11.3 Å². The Morgan fingerprint density at radius 3 is 2.40 bits per heavy atom. The van der Waals surface area contributed by atoms with E-state index in [0.29, 0.717) is 12.1 Å². The first kappa shape index (κ1) is 19.4. The Balaban J connectivity index is 1.89. The first-order valence-corrected chi connectivity index (χ1v) is 10.4. The quantitative estimate of drug-likeness (QED) is 0.774. The van der Waals surface area contributed by atoms with Crippen molar-refractivity contribution in [2.45, 2.75) is 25.3 Å². The van der Waals surface area contributed by atoms with Crippen molar-refractivity contribution in [3.63, 3.8) is 0 Å². The summed E-state index contributed by atoms with van der Waals surface area (Å²) in [5.41, 5.74) is 1.61.